The summed E-state index contributed by atoms with van der Waals surface area (Å²) in [7, 11) is 0. The van der Waals surface area contributed by atoms with Crippen molar-refractivity contribution in [3.05, 3.63) is 191 Å². The van der Waals surface area contributed by atoms with E-state index < -0.39 is 23.5 Å². The van der Waals surface area contributed by atoms with Crippen molar-refractivity contribution in [2.75, 3.05) is 0 Å². The van der Waals surface area contributed by atoms with Crippen LogP contribution < -0.4 is 0 Å². The van der Waals surface area contributed by atoms with Crippen LogP contribution in [0.5, 0.6) is 0 Å². The van der Waals surface area contributed by atoms with Crippen molar-refractivity contribution < 1.29 is 26.3 Å². The highest BCUT2D eigenvalue weighted by atomic mass is 19.4. The largest absolute Gasteiger partial charge is 0.416 e. The lowest BCUT2D eigenvalue weighted by atomic mass is 9.97. The Morgan fingerprint density at radius 2 is 0.785 bits per heavy atom. The van der Waals surface area contributed by atoms with Crippen molar-refractivity contribution in [1.82, 2.24) is 9.13 Å². The summed E-state index contributed by atoms with van der Waals surface area (Å²) >= 11 is 0. The average Bonchev–Trinajstić information content (AvgIpc) is 3.79. The predicted molar refractivity (Wildman–Crippen MR) is 245 cm³/mol. The highest BCUT2D eigenvalue weighted by Gasteiger charge is 2.32. The fraction of sp³-hybridized carbons (Fsp3) is 0.0909. The molecule has 0 atom stereocenters. The van der Waals surface area contributed by atoms with E-state index in [9.17, 15) is 36.9 Å². The summed E-state index contributed by atoms with van der Waals surface area (Å²) in [5.41, 5.74) is 8.55. The fourth-order valence-corrected chi connectivity index (χ4v) is 9.31. The molecular formula is C55H34F6N4. The number of benzene rings is 8. The highest BCUT2D eigenvalue weighted by Crippen LogP contribution is 2.43. The average molecular weight is 865 g/mol. The number of alkyl halides is 6. The number of para-hydroxylation sites is 2. The highest BCUT2D eigenvalue weighted by molar-refractivity contribution is 6.12. The van der Waals surface area contributed by atoms with Gasteiger partial charge >= 0.3 is 12.4 Å². The van der Waals surface area contributed by atoms with Gasteiger partial charge in [-0.1, -0.05) is 66.7 Å². The lowest BCUT2D eigenvalue weighted by molar-refractivity contribution is -0.138. The van der Waals surface area contributed by atoms with Gasteiger partial charge in [0.1, 0.15) is 11.6 Å². The second-order valence-electron chi connectivity index (χ2n) is 16.5. The molecule has 0 bridgehead atoms. The Labute approximate surface area is 369 Å². The molecule has 8 aromatic carbocycles. The van der Waals surface area contributed by atoms with Gasteiger partial charge in [0.25, 0.3) is 0 Å². The SMILES string of the molecule is Cc1cc(C#N)cc(-c2cc(-n3c4ccccc4c4cc(-c5cc(C)cc(C(F)(F)F)c5)ccc43)c(C#N)c(-n3c4ccccc4c4cc(-c5cc(C)cc(C(F)(F)F)c5)ccc43)c2)c1. The van der Waals surface area contributed by atoms with E-state index in [1.807, 2.05) is 107 Å². The Kier molecular flexibility index (Phi) is 9.47. The van der Waals surface area contributed by atoms with Gasteiger partial charge in [-0.3, -0.25) is 0 Å². The minimum Gasteiger partial charge on any atom is -0.308 e. The van der Waals surface area contributed by atoms with Crippen molar-refractivity contribution in [2.24, 2.45) is 0 Å². The first-order chi connectivity index (χ1) is 31.1. The number of fused-ring (bicyclic) bond motifs is 6. The first-order valence-corrected chi connectivity index (χ1v) is 20.7. The molecule has 0 aliphatic carbocycles. The summed E-state index contributed by atoms with van der Waals surface area (Å²) in [5.74, 6) is 0. The third-order valence-electron chi connectivity index (χ3n) is 12.1. The lowest BCUT2D eigenvalue weighted by Gasteiger charge is -2.19. The molecule has 0 amide bonds. The van der Waals surface area contributed by atoms with Crippen LogP contribution in [0, 0.1) is 43.4 Å². The molecule has 0 saturated heterocycles. The number of halogens is 6. The summed E-state index contributed by atoms with van der Waals surface area (Å²) in [6, 6.07) is 48.7. The van der Waals surface area contributed by atoms with Crippen LogP contribution >= 0.6 is 0 Å². The predicted octanol–water partition coefficient (Wildman–Crippen LogP) is 15.6. The van der Waals surface area contributed by atoms with Crippen LogP contribution in [0.1, 0.15) is 38.9 Å². The molecule has 0 fully saturated rings. The molecule has 10 rings (SSSR count). The van der Waals surface area contributed by atoms with Crippen LogP contribution in [0.15, 0.2) is 152 Å². The Balaban J connectivity index is 1.27. The van der Waals surface area contributed by atoms with E-state index in [-0.39, 0.29) is 0 Å². The van der Waals surface area contributed by atoms with Crippen LogP contribution in [0.25, 0.3) is 88.4 Å². The van der Waals surface area contributed by atoms with E-state index in [4.69, 9.17) is 0 Å². The van der Waals surface area contributed by atoms with Crippen molar-refractivity contribution in [2.45, 2.75) is 33.1 Å². The maximum atomic E-state index is 14.0. The van der Waals surface area contributed by atoms with Crippen LogP contribution in [-0.4, -0.2) is 9.13 Å². The van der Waals surface area contributed by atoms with Crippen molar-refractivity contribution in [1.29, 1.82) is 10.5 Å². The van der Waals surface area contributed by atoms with Gasteiger partial charge in [0.15, 0.2) is 0 Å². The quantitative estimate of drug-likeness (QED) is 0.162. The molecule has 0 unspecified atom stereocenters. The maximum absolute atomic E-state index is 14.0. The number of rotatable bonds is 5. The minimum absolute atomic E-state index is 0.308. The monoisotopic (exact) mass is 864 g/mol. The van der Waals surface area contributed by atoms with E-state index in [0.717, 1.165) is 68.0 Å². The third kappa shape index (κ3) is 7.04. The molecule has 0 saturated carbocycles. The van der Waals surface area contributed by atoms with E-state index in [0.29, 0.717) is 72.5 Å². The van der Waals surface area contributed by atoms with E-state index >= 15 is 0 Å². The van der Waals surface area contributed by atoms with Crippen LogP contribution in [-0.2, 0) is 12.4 Å². The molecule has 0 N–H and O–H groups in total. The number of hydrogen-bond donors (Lipinski definition) is 0. The summed E-state index contributed by atoms with van der Waals surface area (Å²) in [6.45, 7) is 5.18. The zero-order chi connectivity index (χ0) is 45.5. The molecule has 0 spiro atoms. The van der Waals surface area contributed by atoms with Gasteiger partial charge < -0.3 is 9.13 Å². The summed E-state index contributed by atoms with van der Waals surface area (Å²) < 4.78 is 87.9. The number of hydrogen-bond acceptors (Lipinski definition) is 2. The first kappa shape index (κ1) is 41.0. The van der Waals surface area contributed by atoms with E-state index in [1.54, 1.807) is 50.2 Å². The standard InChI is InChI=1S/C55H34F6N4/c1-31-16-34(29-62)22-37(17-31)40-27-52(64-48-10-6-4-8-43(48)45-25-35(12-14-50(45)64)38-18-32(2)20-41(23-38)54(56,57)58)47(30-63)53(28-40)65-49-11-7-5-9-44(49)46-26-36(13-15-51(46)65)39-19-33(3)21-42(24-39)55(59,60)61/h4-28H,1-3H3. The van der Waals surface area contributed by atoms with Crippen molar-refractivity contribution in [3.63, 3.8) is 0 Å². The smallest absolute Gasteiger partial charge is 0.308 e. The Morgan fingerprint density at radius 3 is 1.22 bits per heavy atom. The Hall–Kier alpha value is -8.08. The van der Waals surface area contributed by atoms with E-state index in [2.05, 4.69) is 12.1 Å². The summed E-state index contributed by atoms with van der Waals surface area (Å²) in [4.78, 5) is 0. The van der Waals surface area contributed by atoms with Gasteiger partial charge in [0.2, 0.25) is 0 Å². The number of aryl methyl sites for hydroxylation is 3. The number of aromatic nitrogens is 2. The van der Waals surface area contributed by atoms with Crippen molar-refractivity contribution in [3.8, 4) is 56.9 Å². The summed E-state index contributed by atoms with van der Waals surface area (Å²) in [5, 5.41) is 24.6. The lowest BCUT2D eigenvalue weighted by Crippen LogP contribution is -2.06. The molecule has 316 valence electrons. The summed E-state index contributed by atoms with van der Waals surface area (Å²) in [6.07, 6.45) is -9.05. The molecular weight excluding hydrogens is 831 g/mol. The van der Waals surface area contributed by atoms with Crippen molar-refractivity contribution >= 4 is 43.6 Å². The first-order valence-electron chi connectivity index (χ1n) is 20.7. The molecule has 0 aliphatic rings. The Bertz CT molecular complexity index is 3500. The van der Waals surface area contributed by atoms with Gasteiger partial charge in [-0.15, -0.1) is 0 Å². The van der Waals surface area contributed by atoms with Crippen LogP contribution in [0.2, 0.25) is 0 Å². The molecule has 0 aliphatic heterocycles. The van der Waals surface area contributed by atoms with Gasteiger partial charge in [-0.05, 0) is 156 Å². The van der Waals surface area contributed by atoms with Gasteiger partial charge in [-0.25, -0.2) is 0 Å². The molecule has 10 aromatic rings. The maximum Gasteiger partial charge on any atom is 0.416 e. The number of nitriles is 2. The van der Waals surface area contributed by atoms with Gasteiger partial charge in [0.05, 0.1) is 56.2 Å². The van der Waals surface area contributed by atoms with Crippen LogP contribution in [0.4, 0.5) is 26.3 Å². The Morgan fingerprint density at radius 1 is 0.385 bits per heavy atom. The van der Waals surface area contributed by atoms with Gasteiger partial charge in [0, 0.05) is 21.5 Å². The van der Waals surface area contributed by atoms with Gasteiger partial charge in [-0.2, -0.15) is 36.9 Å². The second kappa shape index (κ2) is 15.0. The number of nitrogens with zero attached hydrogens (tertiary/aromatic N) is 4. The van der Waals surface area contributed by atoms with Crippen LogP contribution in [0.3, 0.4) is 0 Å². The topological polar surface area (TPSA) is 57.4 Å². The molecule has 65 heavy (non-hydrogen) atoms. The minimum atomic E-state index is -4.52. The second-order valence-corrected chi connectivity index (χ2v) is 16.5. The fourth-order valence-electron chi connectivity index (χ4n) is 9.31. The third-order valence-corrected chi connectivity index (χ3v) is 12.1. The zero-order valence-corrected chi connectivity index (χ0v) is 35.0. The molecule has 2 heterocycles. The molecule has 10 heteroatoms. The molecule has 4 nitrogen and oxygen atoms in total. The zero-order valence-electron chi connectivity index (χ0n) is 35.0. The normalized spacial score (nSPS) is 12.0. The molecule has 0 radical (unpaired) electrons. The molecule has 2 aromatic heterocycles. The van der Waals surface area contributed by atoms with E-state index in [1.165, 1.54) is 0 Å².